The number of carbonyl (C=O) groups excluding carboxylic acids is 3. The zero-order valence-electron chi connectivity index (χ0n) is 17.2. The first-order chi connectivity index (χ1) is 15.4. The number of imide groups is 1. The Morgan fingerprint density at radius 3 is 2.47 bits per heavy atom. The quantitative estimate of drug-likeness (QED) is 0.305. The van der Waals surface area contributed by atoms with Gasteiger partial charge in [-0.25, -0.2) is 4.79 Å². The maximum atomic E-state index is 13.0. The molecule has 32 heavy (non-hydrogen) atoms. The van der Waals surface area contributed by atoms with E-state index in [0.29, 0.717) is 17.1 Å². The van der Waals surface area contributed by atoms with E-state index < -0.39 is 5.97 Å². The molecular formula is C24H19ClN2O5. The Balaban J connectivity index is 1.22. The fourth-order valence-corrected chi connectivity index (χ4v) is 6.01. The summed E-state index contributed by atoms with van der Waals surface area (Å²) in [5.41, 5.74) is 1.03. The van der Waals surface area contributed by atoms with Gasteiger partial charge in [0.2, 0.25) is 0 Å². The third-order valence-corrected chi connectivity index (χ3v) is 7.74. The monoisotopic (exact) mass is 450 g/mol. The van der Waals surface area contributed by atoms with E-state index in [9.17, 15) is 14.4 Å². The zero-order chi connectivity index (χ0) is 22.2. The van der Waals surface area contributed by atoms with E-state index in [1.807, 2.05) is 0 Å². The molecule has 2 saturated carbocycles. The van der Waals surface area contributed by atoms with Gasteiger partial charge in [0.25, 0.3) is 11.8 Å². The van der Waals surface area contributed by atoms with Gasteiger partial charge in [-0.3, -0.25) is 9.59 Å². The van der Waals surface area contributed by atoms with E-state index in [0.717, 1.165) is 17.9 Å². The molecule has 1 aliphatic heterocycles. The maximum Gasteiger partial charge on any atom is 0.339 e. The minimum atomic E-state index is -0.543. The number of methoxy groups -OCH3 is 1. The van der Waals surface area contributed by atoms with E-state index in [1.165, 1.54) is 13.3 Å². The van der Waals surface area contributed by atoms with Gasteiger partial charge in [0, 0.05) is 5.56 Å². The molecule has 4 atom stereocenters. The van der Waals surface area contributed by atoms with Crippen molar-refractivity contribution in [2.24, 2.45) is 34.2 Å². The maximum absolute atomic E-state index is 13.0. The van der Waals surface area contributed by atoms with Crippen LogP contribution in [0.3, 0.4) is 0 Å². The number of esters is 1. The van der Waals surface area contributed by atoms with E-state index in [-0.39, 0.29) is 51.5 Å². The molecule has 7 nitrogen and oxygen atoms in total. The third-order valence-electron chi connectivity index (χ3n) is 7.41. The molecule has 3 fully saturated rings. The Bertz CT molecular complexity index is 1210. The Morgan fingerprint density at radius 1 is 1.16 bits per heavy atom. The number of ether oxygens (including phenoxy) is 1. The predicted octanol–water partition coefficient (Wildman–Crippen LogP) is 3.92. The first kappa shape index (κ1) is 19.5. The molecule has 2 heterocycles. The lowest BCUT2D eigenvalue weighted by Crippen LogP contribution is -2.30. The van der Waals surface area contributed by atoms with Crippen molar-refractivity contribution in [1.29, 1.82) is 0 Å². The van der Waals surface area contributed by atoms with Gasteiger partial charge in [-0.05, 0) is 60.4 Å². The number of furan rings is 1. The number of fused-ring (bicyclic) bond motifs is 3. The summed E-state index contributed by atoms with van der Waals surface area (Å²) in [6, 6.07) is 8.30. The second kappa shape index (κ2) is 6.65. The van der Waals surface area contributed by atoms with E-state index in [2.05, 4.69) is 17.3 Å². The molecule has 0 radical (unpaired) electrons. The van der Waals surface area contributed by atoms with Gasteiger partial charge in [0.1, 0.15) is 11.5 Å². The van der Waals surface area contributed by atoms with Gasteiger partial charge >= 0.3 is 5.97 Å². The van der Waals surface area contributed by atoms with Crippen molar-refractivity contribution < 1.29 is 23.5 Å². The average molecular weight is 451 g/mol. The fraction of sp³-hybridized carbons (Fsp3) is 0.333. The molecule has 6 rings (SSSR count). The Labute approximate surface area is 188 Å². The Hall–Kier alpha value is -3.19. The van der Waals surface area contributed by atoms with Gasteiger partial charge in [-0.15, -0.1) is 0 Å². The standard InChI is InChI=1S/C24H19ClN2O5/c1-31-23(30)14-10-12(2-6-17(14)25)18-7-3-13(32-18)11-26-27-21(28)19-15-4-5-16(20(19)22(27)29)24(15)8-9-24/h2-7,10-11,15-16,19-20H,8-9H2,1H3/b26-11-/t15-,16-,19-,20+/m1/s1. The van der Waals surface area contributed by atoms with Crippen LogP contribution in [0, 0.1) is 29.1 Å². The van der Waals surface area contributed by atoms with Crippen molar-refractivity contribution in [3.8, 4) is 11.3 Å². The van der Waals surface area contributed by atoms with Crippen molar-refractivity contribution in [2.75, 3.05) is 7.11 Å². The molecule has 4 aliphatic rings. The lowest BCUT2D eigenvalue weighted by atomic mass is 9.85. The molecule has 1 spiro atoms. The molecule has 162 valence electrons. The lowest BCUT2D eigenvalue weighted by molar-refractivity contribution is -0.141. The second-order valence-electron chi connectivity index (χ2n) is 8.84. The number of rotatable bonds is 4. The normalized spacial score (nSPS) is 28.9. The first-order valence-corrected chi connectivity index (χ1v) is 10.9. The minimum absolute atomic E-state index is 0.161. The van der Waals surface area contributed by atoms with E-state index in [1.54, 1.807) is 30.3 Å². The smallest absolute Gasteiger partial charge is 0.339 e. The van der Waals surface area contributed by atoms with Crippen LogP contribution in [-0.2, 0) is 14.3 Å². The third kappa shape index (κ3) is 2.54. The minimum Gasteiger partial charge on any atom is -0.465 e. The largest absolute Gasteiger partial charge is 0.465 e. The molecule has 3 aliphatic carbocycles. The molecular weight excluding hydrogens is 432 g/mol. The summed E-state index contributed by atoms with van der Waals surface area (Å²) in [6.45, 7) is 0. The van der Waals surface area contributed by atoms with Gasteiger partial charge in [-0.2, -0.15) is 10.1 Å². The fourth-order valence-electron chi connectivity index (χ4n) is 5.81. The van der Waals surface area contributed by atoms with Crippen molar-refractivity contribution >= 4 is 35.6 Å². The van der Waals surface area contributed by atoms with Crippen LogP contribution >= 0.6 is 11.6 Å². The summed E-state index contributed by atoms with van der Waals surface area (Å²) < 4.78 is 10.5. The van der Waals surface area contributed by atoms with Crippen LogP contribution in [0.1, 0.15) is 29.0 Å². The predicted molar refractivity (Wildman–Crippen MR) is 115 cm³/mol. The zero-order valence-corrected chi connectivity index (χ0v) is 17.9. The number of benzene rings is 1. The first-order valence-electron chi connectivity index (χ1n) is 10.5. The van der Waals surface area contributed by atoms with Gasteiger partial charge in [0.05, 0.1) is 35.7 Å². The van der Waals surface area contributed by atoms with E-state index >= 15 is 0 Å². The van der Waals surface area contributed by atoms with Crippen molar-refractivity contribution in [2.45, 2.75) is 12.8 Å². The molecule has 2 bridgehead atoms. The Kier molecular flexibility index (Phi) is 4.05. The van der Waals surface area contributed by atoms with Gasteiger partial charge in [-0.1, -0.05) is 23.8 Å². The van der Waals surface area contributed by atoms with Crippen LogP contribution in [0.4, 0.5) is 0 Å². The number of hydrazone groups is 1. The SMILES string of the molecule is COC(=O)c1cc(-c2ccc(/C=N\N3C(=O)[C@@H]4[C@H](C3=O)[C@H]3C=C[C@H]4C34CC4)o2)ccc1Cl. The summed E-state index contributed by atoms with van der Waals surface area (Å²) in [4.78, 5) is 37.8. The summed E-state index contributed by atoms with van der Waals surface area (Å²) in [5.74, 6) is -0.340. The number of hydrogen-bond acceptors (Lipinski definition) is 6. The molecule has 8 heteroatoms. The highest BCUT2D eigenvalue weighted by atomic mass is 35.5. The summed E-state index contributed by atoms with van der Waals surface area (Å²) >= 11 is 6.07. The lowest BCUT2D eigenvalue weighted by Gasteiger charge is -2.18. The molecule has 1 aromatic heterocycles. The highest BCUT2D eigenvalue weighted by Crippen LogP contribution is 2.73. The molecule has 1 saturated heterocycles. The van der Waals surface area contributed by atoms with Crippen LogP contribution < -0.4 is 0 Å². The Morgan fingerprint density at radius 2 is 1.84 bits per heavy atom. The molecule has 1 aromatic carbocycles. The van der Waals surface area contributed by atoms with Crippen LogP contribution in [0.2, 0.25) is 5.02 Å². The highest BCUT2D eigenvalue weighted by molar-refractivity contribution is 6.33. The van der Waals surface area contributed by atoms with E-state index in [4.69, 9.17) is 20.8 Å². The number of amides is 2. The van der Waals surface area contributed by atoms with Crippen molar-refractivity contribution in [1.82, 2.24) is 5.01 Å². The number of hydrogen-bond donors (Lipinski definition) is 0. The number of halogens is 1. The topological polar surface area (TPSA) is 89.2 Å². The summed E-state index contributed by atoms with van der Waals surface area (Å²) in [7, 11) is 1.29. The van der Waals surface area contributed by atoms with Crippen molar-refractivity contribution in [3.63, 3.8) is 0 Å². The number of carbonyl (C=O) groups is 3. The van der Waals surface area contributed by atoms with Crippen LogP contribution in [0.25, 0.3) is 11.3 Å². The van der Waals surface area contributed by atoms with Crippen LogP contribution in [0.15, 0.2) is 52.0 Å². The van der Waals surface area contributed by atoms with Crippen LogP contribution in [0.5, 0.6) is 0 Å². The average Bonchev–Trinajstić information content (AvgIpc) is 3.08. The van der Waals surface area contributed by atoms with Crippen molar-refractivity contribution in [3.05, 3.63) is 58.8 Å². The molecule has 0 unspecified atom stereocenters. The van der Waals surface area contributed by atoms with Crippen LogP contribution in [-0.4, -0.2) is 36.1 Å². The number of nitrogens with zero attached hydrogens (tertiary/aromatic N) is 2. The highest BCUT2D eigenvalue weighted by Gasteiger charge is 2.73. The number of allylic oxidation sites excluding steroid dienone is 2. The van der Waals surface area contributed by atoms with Gasteiger partial charge < -0.3 is 9.15 Å². The molecule has 2 amide bonds. The summed E-state index contributed by atoms with van der Waals surface area (Å²) in [5, 5.41) is 5.47. The second-order valence-corrected chi connectivity index (χ2v) is 9.25. The molecule has 0 N–H and O–H groups in total. The molecule has 2 aromatic rings. The summed E-state index contributed by atoms with van der Waals surface area (Å²) in [6.07, 6.45) is 7.84. The van der Waals surface area contributed by atoms with Gasteiger partial charge in [0.15, 0.2) is 0 Å².